The van der Waals surface area contributed by atoms with Gasteiger partial charge in [-0.2, -0.15) is 0 Å². The summed E-state index contributed by atoms with van der Waals surface area (Å²) in [6.45, 7) is 4.13. The lowest BCUT2D eigenvalue weighted by molar-refractivity contribution is -0.123. The number of aryl methyl sites for hydroxylation is 1. The van der Waals surface area contributed by atoms with Gasteiger partial charge in [-0.05, 0) is 54.7 Å². The summed E-state index contributed by atoms with van der Waals surface area (Å²) >= 11 is 7.87. The normalized spacial score (nSPS) is 17.6. The van der Waals surface area contributed by atoms with Crippen molar-refractivity contribution in [3.8, 4) is 0 Å². The maximum absolute atomic E-state index is 13.5. The van der Waals surface area contributed by atoms with Crippen LogP contribution in [0.4, 0.5) is 4.79 Å². The van der Waals surface area contributed by atoms with Gasteiger partial charge in [0.1, 0.15) is 6.04 Å². The molecule has 3 atom stereocenters. The summed E-state index contributed by atoms with van der Waals surface area (Å²) in [6, 6.07) is 24.5. The number of rotatable bonds is 12. The van der Waals surface area contributed by atoms with E-state index in [1.165, 1.54) is 17.6 Å². The Labute approximate surface area is 251 Å². The zero-order chi connectivity index (χ0) is 29.0. The van der Waals surface area contributed by atoms with Crippen LogP contribution in [-0.2, 0) is 14.3 Å². The standard InChI is InChI=1S/C32H38ClN3O4S/c1-22-18-25(33)15-16-28(22)41-21-27-20-34-19-26(40-27)14-9-17-35-31(37)30(36-32(38)39-2)29(23-10-5-3-6-11-23)24-12-7-4-8-13-24/h3-8,10-13,15-16,18,26-27,29-30,34H,9,14,17,19-21H2,1-2H3,(H,35,37)(H,36,38)/t26?,27-,30?/m0/s1. The molecule has 0 bridgehead atoms. The highest BCUT2D eigenvalue weighted by Gasteiger charge is 2.32. The molecule has 2 amide bonds. The molecule has 0 aliphatic carbocycles. The molecule has 9 heteroatoms. The molecule has 1 fully saturated rings. The molecule has 3 N–H and O–H groups in total. The van der Waals surface area contributed by atoms with Crippen molar-refractivity contribution in [2.45, 2.75) is 48.8 Å². The maximum atomic E-state index is 13.5. The van der Waals surface area contributed by atoms with Gasteiger partial charge in [-0.3, -0.25) is 4.79 Å². The minimum Gasteiger partial charge on any atom is -0.453 e. The lowest BCUT2D eigenvalue weighted by atomic mass is 9.84. The second-order valence-corrected chi connectivity index (χ2v) is 11.6. The van der Waals surface area contributed by atoms with Crippen LogP contribution in [0.1, 0.15) is 35.4 Å². The highest BCUT2D eigenvalue weighted by molar-refractivity contribution is 7.99. The number of hydrogen-bond donors (Lipinski definition) is 3. The Bertz CT molecular complexity index is 1220. The van der Waals surface area contributed by atoms with Gasteiger partial charge in [0.15, 0.2) is 0 Å². The fourth-order valence-corrected chi connectivity index (χ4v) is 6.27. The molecular weight excluding hydrogens is 558 g/mol. The molecule has 1 aliphatic rings. The summed E-state index contributed by atoms with van der Waals surface area (Å²) in [5.74, 6) is 0.206. The van der Waals surface area contributed by atoms with Crippen LogP contribution in [0.5, 0.6) is 0 Å². The monoisotopic (exact) mass is 595 g/mol. The van der Waals surface area contributed by atoms with Crippen LogP contribution < -0.4 is 16.0 Å². The smallest absolute Gasteiger partial charge is 0.407 e. The number of carbonyl (C=O) groups is 2. The molecule has 1 saturated heterocycles. The van der Waals surface area contributed by atoms with E-state index in [1.54, 1.807) is 11.8 Å². The summed E-state index contributed by atoms with van der Waals surface area (Å²) in [4.78, 5) is 27.0. The van der Waals surface area contributed by atoms with Crippen molar-refractivity contribution >= 4 is 35.4 Å². The Morgan fingerprint density at radius 1 is 1.02 bits per heavy atom. The van der Waals surface area contributed by atoms with Crippen molar-refractivity contribution in [2.24, 2.45) is 0 Å². The molecule has 4 rings (SSSR count). The van der Waals surface area contributed by atoms with E-state index in [4.69, 9.17) is 21.1 Å². The highest BCUT2D eigenvalue weighted by atomic mass is 35.5. The van der Waals surface area contributed by atoms with E-state index in [1.807, 2.05) is 72.8 Å². The molecule has 1 aliphatic heterocycles. The molecule has 0 aromatic heterocycles. The number of morpholine rings is 1. The number of nitrogens with one attached hydrogen (secondary N) is 3. The van der Waals surface area contributed by atoms with E-state index in [9.17, 15) is 9.59 Å². The highest BCUT2D eigenvalue weighted by Crippen LogP contribution is 2.29. The van der Waals surface area contributed by atoms with Gasteiger partial charge in [0.25, 0.3) is 0 Å². The number of halogens is 1. The number of carbonyl (C=O) groups excluding carboxylic acids is 2. The molecule has 0 radical (unpaired) electrons. The molecule has 0 saturated carbocycles. The fourth-order valence-electron chi connectivity index (χ4n) is 5.04. The average Bonchev–Trinajstić information content (AvgIpc) is 2.99. The fraction of sp³-hybridized carbons (Fsp3) is 0.375. The number of alkyl carbamates (subject to hydrolysis) is 1. The van der Waals surface area contributed by atoms with Gasteiger partial charge < -0.3 is 25.4 Å². The molecule has 0 spiro atoms. The number of benzene rings is 3. The number of hydrogen-bond acceptors (Lipinski definition) is 6. The molecule has 218 valence electrons. The van der Waals surface area contributed by atoms with Gasteiger partial charge in [-0.15, -0.1) is 11.8 Å². The first-order valence-corrected chi connectivity index (χ1v) is 15.3. The van der Waals surface area contributed by atoms with E-state index < -0.39 is 12.1 Å². The summed E-state index contributed by atoms with van der Waals surface area (Å²) in [5.41, 5.74) is 3.02. The first kappa shape index (κ1) is 30.9. The SMILES string of the molecule is COC(=O)NC(C(=O)NCCCC1CNC[C@@H](CSc2ccc(Cl)cc2C)O1)C(c1ccccc1)c1ccccc1. The van der Waals surface area contributed by atoms with Crippen LogP contribution in [0.25, 0.3) is 0 Å². The third-order valence-electron chi connectivity index (χ3n) is 7.08. The lowest BCUT2D eigenvalue weighted by Crippen LogP contribution is -2.50. The zero-order valence-corrected chi connectivity index (χ0v) is 25.0. The van der Waals surface area contributed by atoms with Crippen molar-refractivity contribution in [2.75, 3.05) is 32.5 Å². The van der Waals surface area contributed by atoms with Gasteiger partial charge >= 0.3 is 6.09 Å². The van der Waals surface area contributed by atoms with Crippen LogP contribution in [0, 0.1) is 6.92 Å². The van der Waals surface area contributed by atoms with E-state index in [0.717, 1.165) is 47.8 Å². The van der Waals surface area contributed by atoms with Gasteiger partial charge in [0.2, 0.25) is 5.91 Å². The third-order valence-corrected chi connectivity index (χ3v) is 8.63. The molecule has 3 aromatic rings. The Morgan fingerprint density at radius 2 is 1.68 bits per heavy atom. The average molecular weight is 596 g/mol. The Morgan fingerprint density at radius 3 is 2.32 bits per heavy atom. The van der Waals surface area contributed by atoms with Gasteiger partial charge in [-0.25, -0.2) is 4.79 Å². The van der Waals surface area contributed by atoms with Crippen LogP contribution in [0.2, 0.25) is 5.02 Å². The van der Waals surface area contributed by atoms with Crippen molar-refractivity contribution in [3.05, 3.63) is 101 Å². The van der Waals surface area contributed by atoms with Crippen molar-refractivity contribution < 1.29 is 19.1 Å². The lowest BCUT2D eigenvalue weighted by Gasteiger charge is -2.31. The van der Waals surface area contributed by atoms with Crippen LogP contribution in [0.3, 0.4) is 0 Å². The summed E-state index contributed by atoms with van der Waals surface area (Å²) in [6.07, 6.45) is 1.09. The first-order valence-electron chi connectivity index (χ1n) is 13.9. The van der Waals surface area contributed by atoms with Gasteiger partial charge in [0, 0.05) is 41.2 Å². The van der Waals surface area contributed by atoms with Crippen LogP contribution >= 0.6 is 23.4 Å². The Balaban J connectivity index is 1.32. The minimum absolute atomic E-state index is 0.0722. The zero-order valence-electron chi connectivity index (χ0n) is 23.5. The Hall–Kier alpha value is -3.04. The molecule has 2 unspecified atom stereocenters. The van der Waals surface area contributed by atoms with Crippen LogP contribution in [0.15, 0.2) is 83.8 Å². The topological polar surface area (TPSA) is 88.7 Å². The molecule has 1 heterocycles. The predicted molar refractivity (Wildman–Crippen MR) is 165 cm³/mol. The van der Waals surface area contributed by atoms with E-state index in [2.05, 4.69) is 28.9 Å². The Kier molecular flexibility index (Phi) is 11.9. The number of thioether (sulfide) groups is 1. The van der Waals surface area contributed by atoms with Crippen molar-refractivity contribution in [3.63, 3.8) is 0 Å². The first-order chi connectivity index (χ1) is 19.9. The number of ether oxygens (including phenoxy) is 2. The van der Waals surface area contributed by atoms with E-state index >= 15 is 0 Å². The molecular formula is C32H38ClN3O4S. The second-order valence-electron chi connectivity index (χ2n) is 10.1. The second kappa shape index (κ2) is 15.8. The van der Waals surface area contributed by atoms with Crippen molar-refractivity contribution in [1.29, 1.82) is 0 Å². The third kappa shape index (κ3) is 9.23. The van der Waals surface area contributed by atoms with Gasteiger partial charge in [-0.1, -0.05) is 72.3 Å². The molecule has 7 nitrogen and oxygen atoms in total. The van der Waals surface area contributed by atoms with Crippen molar-refractivity contribution in [1.82, 2.24) is 16.0 Å². The summed E-state index contributed by atoms with van der Waals surface area (Å²) in [5, 5.41) is 10.0. The van der Waals surface area contributed by atoms with Crippen LogP contribution in [-0.4, -0.2) is 62.7 Å². The summed E-state index contributed by atoms with van der Waals surface area (Å²) < 4.78 is 11.2. The van der Waals surface area contributed by atoms with E-state index in [-0.39, 0.29) is 24.0 Å². The number of methoxy groups -OCH3 is 1. The predicted octanol–water partition coefficient (Wildman–Crippen LogP) is 5.55. The van der Waals surface area contributed by atoms with E-state index in [0.29, 0.717) is 6.54 Å². The molecule has 3 aromatic carbocycles. The van der Waals surface area contributed by atoms with Gasteiger partial charge in [0.05, 0.1) is 19.3 Å². The largest absolute Gasteiger partial charge is 0.453 e. The number of amides is 2. The quantitative estimate of drug-likeness (QED) is 0.188. The maximum Gasteiger partial charge on any atom is 0.407 e. The minimum atomic E-state index is -0.849. The molecule has 41 heavy (non-hydrogen) atoms. The summed E-state index contributed by atoms with van der Waals surface area (Å²) in [7, 11) is 1.30.